The molecule has 0 spiro atoms. The maximum Gasteiger partial charge on any atom is 0.415 e. The van der Waals surface area contributed by atoms with Crippen LogP contribution in [0.4, 0.5) is 4.79 Å². The van der Waals surface area contributed by atoms with Crippen LogP contribution < -0.4 is 10.1 Å². The van der Waals surface area contributed by atoms with Gasteiger partial charge in [0, 0.05) is 30.1 Å². The minimum atomic E-state index is -0.277. The molecule has 17 heavy (non-hydrogen) atoms. The molecule has 5 heteroatoms. The van der Waals surface area contributed by atoms with Crippen LogP contribution in [0.25, 0.3) is 0 Å². The molecular weight excluding hydrogens is 284 g/mol. The van der Waals surface area contributed by atoms with Crippen molar-refractivity contribution in [2.75, 3.05) is 19.6 Å². The lowest BCUT2D eigenvalue weighted by Gasteiger charge is -2.30. The molecule has 4 nitrogen and oxygen atoms in total. The van der Waals surface area contributed by atoms with E-state index >= 15 is 0 Å². The lowest BCUT2D eigenvalue weighted by molar-refractivity contribution is 0.137. The standard InChI is InChI=1S/C12H15BrN2O2/c1-9-8-15(7-6-14-9)12(16)17-11-4-2-10(13)3-5-11/h2-5,9,14H,6-8H2,1H3/t9-/m1/s1. The van der Waals surface area contributed by atoms with Crippen molar-refractivity contribution in [3.8, 4) is 5.75 Å². The first kappa shape index (κ1) is 12.4. The van der Waals surface area contributed by atoms with Crippen molar-refractivity contribution >= 4 is 22.0 Å². The highest BCUT2D eigenvalue weighted by atomic mass is 79.9. The number of nitrogens with one attached hydrogen (secondary N) is 1. The molecule has 1 heterocycles. The Labute approximate surface area is 109 Å². The second-order valence-electron chi connectivity index (χ2n) is 4.12. The van der Waals surface area contributed by atoms with Crippen LogP contribution >= 0.6 is 15.9 Å². The number of halogens is 1. The Morgan fingerprint density at radius 3 is 2.82 bits per heavy atom. The summed E-state index contributed by atoms with van der Waals surface area (Å²) in [7, 11) is 0. The maximum absolute atomic E-state index is 11.9. The highest BCUT2D eigenvalue weighted by Crippen LogP contribution is 2.17. The van der Waals surface area contributed by atoms with Gasteiger partial charge in [0.15, 0.2) is 0 Å². The minimum Gasteiger partial charge on any atom is -0.410 e. The third kappa shape index (κ3) is 3.44. The monoisotopic (exact) mass is 298 g/mol. The number of hydrogen-bond acceptors (Lipinski definition) is 3. The van der Waals surface area contributed by atoms with E-state index in [0.29, 0.717) is 24.9 Å². The fourth-order valence-corrected chi connectivity index (χ4v) is 2.03. The number of benzene rings is 1. The molecule has 0 bridgehead atoms. The van der Waals surface area contributed by atoms with Crippen LogP contribution in [0.1, 0.15) is 6.92 Å². The predicted molar refractivity (Wildman–Crippen MR) is 69.2 cm³/mol. The second-order valence-corrected chi connectivity index (χ2v) is 5.04. The van der Waals surface area contributed by atoms with E-state index in [2.05, 4.69) is 28.2 Å². The van der Waals surface area contributed by atoms with Gasteiger partial charge in [-0.05, 0) is 31.2 Å². The van der Waals surface area contributed by atoms with Crippen molar-refractivity contribution in [3.63, 3.8) is 0 Å². The summed E-state index contributed by atoms with van der Waals surface area (Å²) in [4.78, 5) is 13.6. The zero-order valence-electron chi connectivity index (χ0n) is 9.65. The third-order valence-corrected chi connectivity index (χ3v) is 3.17. The summed E-state index contributed by atoms with van der Waals surface area (Å²) in [5, 5.41) is 3.28. The van der Waals surface area contributed by atoms with Crippen molar-refractivity contribution in [2.24, 2.45) is 0 Å². The van der Waals surface area contributed by atoms with Crippen molar-refractivity contribution in [3.05, 3.63) is 28.7 Å². The quantitative estimate of drug-likeness (QED) is 0.864. The fraction of sp³-hybridized carbons (Fsp3) is 0.417. The summed E-state index contributed by atoms with van der Waals surface area (Å²) >= 11 is 3.34. The molecule has 0 unspecified atom stereocenters. The predicted octanol–water partition coefficient (Wildman–Crippen LogP) is 2.24. The smallest absolute Gasteiger partial charge is 0.410 e. The number of carbonyl (C=O) groups is 1. The van der Waals surface area contributed by atoms with Gasteiger partial charge < -0.3 is 15.0 Å². The van der Waals surface area contributed by atoms with Crippen LogP contribution in [0.5, 0.6) is 5.75 Å². The lowest BCUT2D eigenvalue weighted by Crippen LogP contribution is -2.52. The number of amides is 1. The van der Waals surface area contributed by atoms with Gasteiger partial charge in [-0.15, -0.1) is 0 Å². The van der Waals surface area contributed by atoms with Crippen molar-refractivity contribution in [1.82, 2.24) is 10.2 Å². The number of rotatable bonds is 1. The summed E-state index contributed by atoms with van der Waals surface area (Å²) in [5.41, 5.74) is 0. The molecule has 0 aliphatic carbocycles. The third-order valence-electron chi connectivity index (χ3n) is 2.65. The minimum absolute atomic E-state index is 0.277. The van der Waals surface area contributed by atoms with Gasteiger partial charge in [0.1, 0.15) is 5.75 Å². The first-order chi connectivity index (χ1) is 8.15. The van der Waals surface area contributed by atoms with E-state index in [4.69, 9.17) is 4.74 Å². The van der Waals surface area contributed by atoms with Crippen LogP contribution in [0, 0.1) is 0 Å². The van der Waals surface area contributed by atoms with Crippen LogP contribution in [-0.2, 0) is 0 Å². The van der Waals surface area contributed by atoms with Gasteiger partial charge in [0.2, 0.25) is 0 Å². The molecule has 1 atom stereocenters. The molecule has 92 valence electrons. The van der Waals surface area contributed by atoms with E-state index in [9.17, 15) is 4.79 Å². The molecule has 0 radical (unpaired) electrons. The summed E-state index contributed by atoms with van der Waals surface area (Å²) in [6.45, 7) is 4.25. The number of ether oxygens (including phenoxy) is 1. The van der Waals surface area contributed by atoms with Crippen molar-refractivity contribution in [2.45, 2.75) is 13.0 Å². The zero-order valence-corrected chi connectivity index (χ0v) is 11.2. The number of piperazine rings is 1. The van der Waals surface area contributed by atoms with Crippen LogP contribution in [0.2, 0.25) is 0 Å². The first-order valence-electron chi connectivity index (χ1n) is 5.61. The topological polar surface area (TPSA) is 41.6 Å². The maximum atomic E-state index is 11.9. The van der Waals surface area contributed by atoms with E-state index in [1.807, 2.05) is 12.1 Å². The Balaban J connectivity index is 1.94. The van der Waals surface area contributed by atoms with E-state index in [1.165, 1.54) is 0 Å². The van der Waals surface area contributed by atoms with Gasteiger partial charge in [-0.25, -0.2) is 4.79 Å². The summed E-state index contributed by atoms with van der Waals surface area (Å²) < 4.78 is 6.26. The van der Waals surface area contributed by atoms with E-state index in [-0.39, 0.29) is 6.09 Å². The Morgan fingerprint density at radius 2 is 2.18 bits per heavy atom. The fourth-order valence-electron chi connectivity index (χ4n) is 1.77. The highest BCUT2D eigenvalue weighted by Gasteiger charge is 2.21. The van der Waals surface area contributed by atoms with Crippen LogP contribution in [0.3, 0.4) is 0 Å². The van der Waals surface area contributed by atoms with E-state index in [0.717, 1.165) is 11.0 Å². The summed E-state index contributed by atoms with van der Waals surface area (Å²) in [6.07, 6.45) is -0.277. The summed E-state index contributed by atoms with van der Waals surface area (Å²) in [5.74, 6) is 0.574. The molecule has 0 saturated carbocycles. The van der Waals surface area contributed by atoms with E-state index < -0.39 is 0 Å². The Hall–Kier alpha value is -1.07. The Bertz CT molecular complexity index is 394. The molecule has 1 aromatic carbocycles. The van der Waals surface area contributed by atoms with Crippen molar-refractivity contribution in [1.29, 1.82) is 0 Å². The highest BCUT2D eigenvalue weighted by molar-refractivity contribution is 9.10. The SMILES string of the molecule is C[C@@H]1CN(C(=O)Oc2ccc(Br)cc2)CCN1. The molecule has 1 fully saturated rings. The molecular formula is C12H15BrN2O2. The van der Waals surface area contributed by atoms with Gasteiger partial charge in [0.25, 0.3) is 0 Å². The average Bonchev–Trinajstić information content (AvgIpc) is 2.32. The first-order valence-corrected chi connectivity index (χ1v) is 6.40. The molecule has 1 saturated heterocycles. The van der Waals surface area contributed by atoms with Crippen molar-refractivity contribution < 1.29 is 9.53 Å². The molecule has 1 amide bonds. The second kappa shape index (κ2) is 5.51. The van der Waals surface area contributed by atoms with Gasteiger partial charge in [-0.1, -0.05) is 15.9 Å². The normalized spacial score (nSPS) is 20.1. The Kier molecular flexibility index (Phi) is 4.02. The average molecular weight is 299 g/mol. The van der Waals surface area contributed by atoms with Gasteiger partial charge >= 0.3 is 6.09 Å². The molecule has 1 aliphatic heterocycles. The van der Waals surface area contributed by atoms with Gasteiger partial charge in [0.05, 0.1) is 0 Å². The number of carbonyl (C=O) groups excluding carboxylic acids is 1. The van der Waals surface area contributed by atoms with E-state index in [1.54, 1.807) is 17.0 Å². The Morgan fingerprint density at radius 1 is 1.47 bits per heavy atom. The molecule has 2 rings (SSSR count). The van der Waals surface area contributed by atoms with Crippen LogP contribution in [-0.4, -0.2) is 36.7 Å². The molecule has 0 aromatic heterocycles. The van der Waals surface area contributed by atoms with Crippen LogP contribution in [0.15, 0.2) is 28.7 Å². The molecule has 1 aliphatic rings. The lowest BCUT2D eigenvalue weighted by atomic mass is 10.2. The largest absolute Gasteiger partial charge is 0.415 e. The summed E-state index contributed by atoms with van der Waals surface area (Å²) in [6, 6.07) is 7.56. The molecule has 1 N–H and O–H groups in total. The molecule has 1 aromatic rings. The zero-order chi connectivity index (χ0) is 12.3. The van der Waals surface area contributed by atoms with Gasteiger partial charge in [-0.3, -0.25) is 0 Å². The number of hydrogen-bond donors (Lipinski definition) is 1. The number of nitrogens with zero attached hydrogens (tertiary/aromatic N) is 1. The van der Waals surface area contributed by atoms with Gasteiger partial charge in [-0.2, -0.15) is 0 Å².